The molecule has 0 fully saturated rings. The predicted octanol–water partition coefficient (Wildman–Crippen LogP) is -0.104. The molecule has 0 aromatic heterocycles. The molecule has 0 radical (unpaired) electrons. The summed E-state index contributed by atoms with van der Waals surface area (Å²) in [6, 6.07) is 4.38. The third-order valence-corrected chi connectivity index (χ3v) is 2.11. The standard InChI is InChI=1S/C11H13FN2O3/c12-8-3-1-7(2-4-8)5-10(15)14-6-9(13)11(16)17/h1-4,9H,5-6,13H2,(H,14,15)(H,16,17)/t9-/m0/s1. The number of nitrogens with two attached hydrogens (primary N) is 1. The Morgan fingerprint density at radius 1 is 1.35 bits per heavy atom. The van der Waals surface area contributed by atoms with Crippen molar-refractivity contribution in [3.8, 4) is 0 Å². The van der Waals surface area contributed by atoms with Crippen LogP contribution in [0.2, 0.25) is 0 Å². The molecular formula is C11H13FN2O3. The zero-order chi connectivity index (χ0) is 12.8. The molecular weight excluding hydrogens is 227 g/mol. The molecule has 92 valence electrons. The lowest BCUT2D eigenvalue weighted by Crippen LogP contribution is -2.42. The molecule has 0 bridgehead atoms. The third kappa shape index (κ3) is 4.60. The molecule has 1 rings (SSSR count). The molecule has 0 aliphatic heterocycles. The highest BCUT2D eigenvalue weighted by atomic mass is 19.1. The Morgan fingerprint density at radius 3 is 2.47 bits per heavy atom. The van der Waals surface area contributed by atoms with E-state index in [4.69, 9.17) is 10.8 Å². The van der Waals surface area contributed by atoms with Crippen LogP contribution in [0.25, 0.3) is 0 Å². The van der Waals surface area contributed by atoms with Crippen LogP contribution in [-0.2, 0) is 16.0 Å². The second-order valence-electron chi connectivity index (χ2n) is 3.55. The van der Waals surface area contributed by atoms with Gasteiger partial charge in [0.15, 0.2) is 0 Å². The van der Waals surface area contributed by atoms with Crippen LogP contribution in [0.4, 0.5) is 4.39 Å². The molecule has 1 aromatic rings. The number of carboxylic acid groups (broad SMARTS) is 1. The van der Waals surface area contributed by atoms with Crippen LogP contribution < -0.4 is 11.1 Å². The summed E-state index contributed by atoms with van der Waals surface area (Å²) in [5, 5.41) is 10.9. The smallest absolute Gasteiger partial charge is 0.322 e. The zero-order valence-corrected chi connectivity index (χ0v) is 9.02. The van der Waals surface area contributed by atoms with Crippen molar-refractivity contribution in [1.29, 1.82) is 0 Å². The van der Waals surface area contributed by atoms with E-state index in [-0.39, 0.29) is 24.7 Å². The molecule has 0 aliphatic carbocycles. The minimum atomic E-state index is -1.17. The van der Waals surface area contributed by atoms with E-state index in [0.29, 0.717) is 5.56 Å². The summed E-state index contributed by atoms with van der Waals surface area (Å²) in [7, 11) is 0. The van der Waals surface area contributed by atoms with Gasteiger partial charge in [0.2, 0.25) is 5.91 Å². The summed E-state index contributed by atoms with van der Waals surface area (Å²) >= 11 is 0. The highest BCUT2D eigenvalue weighted by Crippen LogP contribution is 2.03. The fraction of sp³-hybridized carbons (Fsp3) is 0.273. The number of amides is 1. The van der Waals surface area contributed by atoms with Crippen molar-refractivity contribution in [3.05, 3.63) is 35.6 Å². The van der Waals surface area contributed by atoms with Gasteiger partial charge in [-0.3, -0.25) is 9.59 Å². The van der Waals surface area contributed by atoms with E-state index < -0.39 is 12.0 Å². The Labute approximate surface area is 97.4 Å². The number of rotatable bonds is 5. The maximum absolute atomic E-state index is 12.6. The van der Waals surface area contributed by atoms with Crippen molar-refractivity contribution in [2.45, 2.75) is 12.5 Å². The molecule has 1 amide bonds. The van der Waals surface area contributed by atoms with Gasteiger partial charge in [-0.25, -0.2) is 4.39 Å². The number of hydrogen-bond acceptors (Lipinski definition) is 3. The largest absolute Gasteiger partial charge is 0.480 e. The summed E-state index contributed by atoms with van der Waals surface area (Å²) in [6.45, 7) is -0.130. The summed E-state index contributed by atoms with van der Waals surface area (Å²) < 4.78 is 12.6. The van der Waals surface area contributed by atoms with Crippen LogP contribution in [0.1, 0.15) is 5.56 Å². The molecule has 0 spiro atoms. The van der Waals surface area contributed by atoms with Gasteiger partial charge in [-0.15, -0.1) is 0 Å². The fourth-order valence-electron chi connectivity index (χ4n) is 1.16. The van der Waals surface area contributed by atoms with E-state index in [9.17, 15) is 14.0 Å². The van der Waals surface area contributed by atoms with Crippen LogP contribution in [0.5, 0.6) is 0 Å². The lowest BCUT2D eigenvalue weighted by molar-refractivity contribution is -0.138. The van der Waals surface area contributed by atoms with Crippen LogP contribution in [0, 0.1) is 5.82 Å². The number of carboxylic acids is 1. The van der Waals surface area contributed by atoms with Gasteiger partial charge in [-0.1, -0.05) is 12.1 Å². The Morgan fingerprint density at radius 2 is 1.94 bits per heavy atom. The summed E-state index contributed by atoms with van der Waals surface area (Å²) in [4.78, 5) is 21.8. The quantitative estimate of drug-likeness (QED) is 0.670. The van der Waals surface area contributed by atoms with E-state index in [2.05, 4.69) is 5.32 Å². The van der Waals surface area contributed by atoms with E-state index >= 15 is 0 Å². The van der Waals surface area contributed by atoms with Gasteiger partial charge < -0.3 is 16.2 Å². The van der Waals surface area contributed by atoms with Crippen molar-refractivity contribution in [3.63, 3.8) is 0 Å². The van der Waals surface area contributed by atoms with Crippen molar-refractivity contribution in [1.82, 2.24) is 5.32 Å². The molecule has 1 atom stereocenters. The maximum Gasteiger partial charge on any atom is 0.322 e. The highest BCUT2D eigenvalue weighted by Gasteiger charge is 2.12. The van der Waals surface area contributed by atoms with Crippen LogP contribution in [-0.4, -0.2) is 29.6 Å². The molecule has 0 heterocycles. The number of aliphatic carboxylic acids is 1. The fourth-order valence-corrected chi connectivity index (χ4v) is 1.16. The Balaban J connectivity index is 2.39. The summed E-state index contributed by atoms with van der Waals surface area (Å²) in [5.74, 6) is -1.90. The Bertz CT molecular complexity index is 406. The molecule has 0 aliphatic rings. The lowest BCUT2D eigenvalue weighted by atomic mass is 10.1. The van der Waals surface area contributed by atoms with Crippen LogP contribution in [0.3, 0.4) is 0 Å². The van der Waals surface area contributed by atoms with Crippen molar-refractivity contribution >= 4 is 11.9 Å². The van der Waals surface area contributed by atoms with E-state index in [1.807, 2.05) is 0 Å². The zero-order valence-electron chi connectivity index (χ0n) is 9.02. The first-order valence-corrected chi connectivity index (χ1v) is 4.98. The molecule has 0 saturated heterocycles. The number of carbonyl (C=O) groups is 2. The SMILES string of the molecule is N[C@@H](CNC(=O)Cc1ccc(F)cc1)C(=O)O. The molecule has 0 saturated carbocycles. The number of nitrogens with one attached hydrogen (secondary N) is 1. The van der Waals surface area contributed by atoms with Gasteiger partial charge in [0, 0.05) is 6.54 Å². The molecule has 4 N–H and O–H groups in total. The summed E-state index contributed by atoms with van der Waals surface area (Å²) in [6.07, 6.45) is 0.0621. The maximum atomic E-state index is 12.6. The highest BCUT2D eigenvalue weighted by molar-refractivity contribution is 5.80. The molecule has 6 heteroatoms. The second-order valence-corrected chi connectivity index (χ2v) is 3.55. The minimum Gasteiger partial charge on any atom is -0.480 e. The Kier molecular flexibility index (Phi) is 4.59. The van der Waals surface area contributed by atoms with Crippen LogP contribution >= 0.6 is 0 Å². The first kappa shape index (κ1) is 13.1. The normalized spacial score (nSPS) is 11.9. The van der Waals surface area contributed by atoms with Crippen molar-refractivity contribution < 1.29 is 19.1 Å². The second kappa shape index (κ2) is 5.95. The number of benzene rings is 1. The number of carbonyl (C=O) groups excluding carboxylic acids is 1. The molecule has 0 unspecified atom stereocenters. The van der Waals surface area contributed by atoms with Gasteiger partial charge >= 0.3 is 5.97 Å². The molecule has 17 heavy (non-hydrogen) atoms. The monoisotopic (exact) mass is 240 g/mol. The van der Waals surface area contributed by atoms with E-state index in [1.165, 1.54) is 24.3 Å². The van der Waals surface area contributed by atoms with E-state index in [0.717, 1.165) is 0 Å². The van der Waals surface area contributed by atoms with Gasteiger partial charge in [-0.2, -0.15) is 0 Å². The van der Waals surface area contributed by atoms with Crippen molar-refractivity contribution in [2.24, 2.45) is 5.73 Å². The summed E-state index contributed by atoms with van der Waals surface area (Å²) in [5.41, 5.74) is 5.86. The average Bonchev–Trinajstić information content (AvgIpc) is 2.29. The first-order valence-electron chi connectivity index (χ1n) is 4.98. The molecule has 5 nitrogen and oxygen atoms in total. The van der Waals surface area contributed by atoms with Gasteiger partial charge in [0.25, 0.3) is 0 Å². The predicted molar refractivity (Wildman–Crippen MR) is 58.7 cm³/mol. The van der Waals surface area contributed by atoms with Gasteiger partial charge in [0.05, 0.1) is 6.42 Å². The van der Waals surface area contributed by atoms with Gasteiger partial charge in [-0.05, 0) is 17.7 Å². The average molecular weight is 240 g/mol. The third-order valence-electron chi connectivity index (χ3n) is 2.11. The topological polar surface area (TPSA) is 92.4 Å². The van der Waals surface area contributed by atoms with Crippen LogP contribution in [0.15, 0.2) is 24.3 Å². The lowest BCUT2D eigenvalue weighted by Gasteiger charge is -2.08. The van der Waals surface area contributed by atoms with Crippen molar-refractivity contribution in [2.75, 3.05) is 6.54 Å². The minimum absolute atomic E-state index is 0.0621. The number of hydrogen-bond donors (Lipinski definition) is 3. The van der Waals surface area contributed by atoms with E-state index in [1.54, 1.807) is 0 Å². The molecule has 1 aromatic carbocycles. The first-order chi connectivity index (χ1) is 7.99. The number of halogens is 1. The Hall–Kier alpha value is -1.95. The van der Waals surface area contributed by atoms with Gasteiger partial charge in [0.1, 0.15) is 11.9 Å².